The molecule has 4 heteroatoms. The minimum atomic E-state index is -1.96. The molecule has 0 spiro atoms. The molecule has 1 aliphatic carbocycles. The summed E-state index contributed by atoms with van der Waals surface area (Å²) in [5.41, 5.74) is 0.0245. The fourth-order valence-corrected chi connectivity index (χ4v) is 5.33. The van der Waals surface area contributed by atoms with Crippen molar-refractivity contribution in [2.45, 2.75) is 114 Å². The second-order valence-corrected chi connectivity index (χ2v) is 10.3. The van der Waals surface area contributed by atoms with Crippen LogP contribution in [0.25, 0.3) is 0 Å². The third kappa shape index (κ3) is 8.18. The summed E-state index contributed by atoms with van der Waals surface area (Å²) in [4.78, 5) is 13.5. The fourth-order valence-electron chi connectivity index (χ4n) is 5.33. The maximum atomic E-state index is 13.5. The number of ether oxygens (including phenoxy) is 1. The van der Waals surface area contributed by atoms with Gasteiger partial charge in [0.15, 0.2) is 5.60 Å². The zero-order valence-electron chi connectivity index (χ0n) is 21.4. The van der Waals surface area contributed by atoms with Gasteiger partial charge in [0, 0.05) is 12.3 Å². The molecule has 0 bridgehead atoms. The van der Waals surface area contributed by atoms with Gasteiger partial charge >= 0.3 is 5.97 Å². The highest BCUT2D eigenvalue weighted by atomic mass is 16.6. The van der Waals surface area contributed by atoms with Crippen LogP contribution in [0.1, 0.15) is 101 Å². The van der Waals surface area contributed by atoms with Crippen molar-refractivity contribution in [2.75, 3.05) is 0 Å². The van der Waals surface area contributed by atoms with Gasteiger partial charge in [-0.3, -0.25) is 0 Å². The number of rotatable bonds is 14. The Hall–Kier alpha value is -2.17. The number of aliphatic hydroxyl groups excluding tert-OH is 1. The predicted molar refractivity (Wildman–Crippen MR) is 141 cm³/mol. The lowest BCUT2D eigenvalue weighted by Crippen LogP contribution is -2.53. The lowest BCUT2D eigenvalue weighted by Gasteiger charge is -2.36. The molecule has 1 aliphatic rings. The molecule has 0 aromatic heterocycles. The Bertz CT molecular complexity index is 853. The molecule has 1 saturated carbocycles. The molecule has 0 unspecified atom stereocenters. The van der Waals surface area contributed by atoms with Crippen LogP contribution in [0.2, 0.25) is 0 Å². The molecule has 0 heterocycles. The smallest absolute Gasteiger partial charge is 0.341 e. The topological polar surface area (TPSA) is 66.8 Å². The van der Waals surface area contributed by atoms with Crippen molar-refractivity contribution in [1.29, 1.82) is 0 Å². The average Bonchev–Trinajstić information content (AvgIpc) is 2.89. The SMILES string of the molecule is CCCCCCCCC[C@H](O)[C@](O)(Cc1ccccc1)C(=O)O[C@@H]1CCCC[C@H]1c1ccccc1. The molecular weight excluding hydrogens is 436 g/mol. The highest BCUT2D eigenvalue weighted by molar-refractivity contribution is 5.81. The lowest BCUT2D eigenvalue weighted by molar-refractivity contribution is -0.186. The molecule has 35 heavy (non-hydrogen) atoms. The third-order valence-corrected chi connectivity index (χ3v) is 7.49. The molecule has 192 valence electrons. The van der Waals surface area contributed by atoms with Crippen molar-refractivity contribution in [3.63, 3.8) is 0 Å². The van der Waals surface area contributed by atoms with Gasteiger partial charge in [0.05, 0.1) is 6.10 Å². The Morgan fingerprint density at radius 1 is 0.914 bits per heavy atom. The molecule has 0 amide bonds. The largest absolute Gasteiger partial charge is 0.460 e. The van der Waals surface area contributed by atoms with Gasteiger partial charge in [-0.1, -0.05) is 119 Å². The molecule has 2 aromatic carbocycles. The first kappa shape index (κ1) is 27.4. The summed E-state index contributed by atoms with van der Waals surface area (Å²) in [6, 6.07) is 19.6. The van der Waals surface area contributed by atoms with Gasteiger partial charge in [-0.05, 0) is 36.8 Å². The van der Waals surface area contributed by atoms with Crippen LogP contribution in [-0.4, -0.2) is 34.0 Å². The number of carbonyl (C=O) groups is 1. The van der Waals surface area contributed by atoms with Gasteiger partial charge in [0.1, 0.15) is 6.10 Å². The van der Waals surface area contributed by atoms with E-state index in [0.29, 0.717) is 6.42 Å². The molecule has 0 aliphatic heterocycles. The highest BCUT2D eigenvalue weighted by Crippen LogP contribution is 2.36. The average molecular weight is 481 g/mol. The van der Waals surface area contributed by atoms with Gasteiger partial charge in [0.25, 0.3) is 0 Å². The summed E-state index contributed by atoms with van der Waals surface area (Å²) in [5.74, 6) is -0.570. The van der Waals surface area contributed by atoms with Crippen LogP contribution in [0.15, 0.2) is 60.7 Å². The molecule has 0 radical (unpaired) electrons. The quantitative estimate of drug-likeness (QED) is 0.232. The van der Waals surface area contributed by atoms with E-state index in [1.54, 1.807) is 0 Å². The first-order valence-electron chi connectivity index (χ1n) is 13.7. The first-order chi connectivity index (χ1) is 17.0. The number of benzene rings is 2. The Kier molecular flexibility index (Phi) is 11.3. The highest BCUT2D eigenvalue weighted by Gasteiger charge is 2.46. The van der Waals surface area contributed by atoms with Gasteiger partial charge in [-0.2, -0.15) is 0 Å². The van der Waals surface area contributed by atoms with E-state index >= 15 is 0 Å². The zero-order valence-corrected chi connectivity index (χ0v) is 21.4. The monoisotopic (exact) mass is 480 g/mol. The van der Waals surface area contributed by atoms with Crippen LogP contribution >= 0.6 is 0 Å². The summed E-state index contributed by atoms with van der Waals surface area (Å²) < 4.78 is 6.04. The minimum absolute atomic E-state index is 0.0487. The van der Waals surface area contributed by atoms with E-state index in [0.717, 1.165) is 50.5 Å². The molecule has 4 nitrogen and oxygen atoms in total. The maximum Gasteiger partial charge on any atom is 0.341 e. The predicted octanol–water partition coefficient (Wildman–Crippen LogP) is 6.73. The van der Waals surface area contributed by atoms with Gasteiger partial charge in [-0.15, -0.1) is 0 Å². The number of hydrogen-bond donors (Lipinski definition) is 2. The molecule has 2 N–H and O–H groups in total. The molecule has 4 atom stereocenters. The summed E-state index contributed by atoms with van der Waals surface area (Å²) in [6.45, 7) is 2.21. The van der Waals surface area contributed by atoms with E-state index < -0.39 is 17.7 Å². The number of unbranched alkanes of at least 4 members (excludes halogenated alkanes) is 6. The van der Waals surface area contributed by atoms with Gasteiger partial charge in [-0.25, -0.2) is 4.79 Å². The summed E-state index contributed by atoms with van der Waals surface area (Å²) >= 11 is 0. The van der Waals surface area contributed by atoms with Crippen molar-refractivity contribution >= 4 is 5.97 Å². The summed E-state index contributed by atoms with van der Waals surface area (Å²) in [7, 11) is 0. The first-order valence-corrected chi connectivity index (χ1v) is 13.7. The Morgan fingerprint density at radius 3 is 2.20 bits per heavy atom. The van der Waals surface area contributed by atoms with Crippen molar-refractivity contribution in [3.05, 3.63) is 71.8 Å². The van der Waals surface area contributed by atoms with Crippen molar-refractivity contribution in [3.8, 4) is 0 Å². The van der Waals surface area contributed by atoms with E-state index in [-0.39, 0.29) is 18.4 Å². The van der Waals surface area contributed by atoms with Crippen LogP contribution in [-0.2, 0) is 16.0 Å². The molecule has 1 fully saturated rings. The summed E-state index contributed by atoms with van der Waals surface area (Å²) in [5, 5.41) is 22.7. The Labute approximate surface area is 211 Å². The lowest BCUT2D eigenvalue weighted by atomic mass is 9.81. The van der Waals surface area contributed by atoms with Crippen LogP contribution in [0.5, 0.6) is 0 Å². The number of esters is 1. The van der Waals surface area contributed by atoms with Crippen LogP contribution < -0.4 is 0 Å². The minimum Gasteiger partial charge on any atom is -0.460 e. The van der Waals surface area contributed by atoms with E-state index in [4.69, 9.17) is 4.74 Å². The fraction of sp³-hybridized carbons (Fsp3) is 0.581. The molecule has 2 aromatic rings. The van der Waals surface area contributed by atoms with E-state index in [9.17, 15) is 15.0 Å². The zero-order chi connectivity index (χ0) is 24.9. The van der Waals surface area contributed by atoms with E-state index in [1.807, 2.05) is 48.5 Å². The van der Waals surface area contributed by atoms with Crippen molar-refractivity contribution in [2.24, 2.45) is 0 Å². The standard InChI is InChI=1S/C31H44O4/c1-2-3-4-5-6-7-14-23-29(32)31(34,24-25-17-10-8-11-18-25)30(33)35-28-22-16-15-21-27(28)26-19-12-9-13-20-26/h8-13,17-20,27-29,32,34H,2-7,14-16,21-24H2,1H3/t27-,28+,29-,31+/m0/s1. The molecule has 0 saturated heterocycles. The van der Waals surface area contributed by atoms with Gasteiger partial charge in [0.2, 0.25) is 0 Å². The number of carbonyl (C=O) groups excluding carboxylic acids is 1. The second kappa shape index (κ2) is 14.4. The molecule has 3 rings (SSSR count). The second-order valence-electron chi connectivity index (χ2n) is 10.3. The van der Waals surface area contributed by atoms with Crippen molar-refractivity contribution < 1.29 is 19.7 Å². The maximum absolute atomic E-state index is 13.5. The third-order valence-electron chi connectivity index (χ3n) is 7.49. The number of aliphatic hydroxyl groups is 2. The molecular formula is C31H44O4. The van der Waals surface area contributed by atoms with Crippen LogP contribution in [0.4, 0.5) is 0 Å². The van der Waals surface area contributed by atoms with Crippen LogP contribution in [0.3, 0.4) is 0 Å². The number of hydrogen-bond acceptors (Lipinski definition) is 4. The van der Waals surface area contributed by atoms with Crippen molar-refractivity contribution in [1.82, 2.24) is 0 Å². The van der Waals surface area contributed by atoms with E-state index in [1.165, 1.54) is 31.2 Å². The Balaban J connectivity index is 1.68. The van der Waals surface area contributed by atoms with E-state index in [2.05, 4.69) is 19.1 Å². The normalized spacial score (nSPS) is 20.7. The van der Waals surface area contributed by atoms with Crippen LogP contribution in [0, 0.1) is 0 Å². The summed E-state index contributed by atoms with van der Waals surface area (Å²) in [6.07, 6.45) is 10.6. The van der Waals surface area contributed by atoms with Gasteiger partial charge < -0.3 is 14.9 Å². The Morgan fingerprint density at radius 2 is 1.51 bits per heavy atom.